The second-order valence-corrected chi connectivity index (χ2v) is 9.35. The van der Waals surface area contributed by atoms with Crippen molar-refractivity contribution in [2.24, 2.45) is 5.14 Å². The predicted octanol–water partition coefficient (Wildman–Crippen LogP) is 3.29. The largest absolute Gasteiger partial charge is 0.467 e. The number of benzene rings is 1. The standard InChI is InChI=1S/C17H22ClN3O3S3/c1-21(2)7-3-6-12-15(18)14(27(19,22)23)9-13(17(25)26)16(12)20-10-11-5-4-8-24-11/h4-5,8-9,20H,3,6-7,10H2,1-2H3,(H,25,26)(H2,19,22,23). The fraction of sp³-hybridized carbons (Fsp3) is 0.353. The highest BCUT2D eigenvalue weighted by atomic mass is 35.5. The van der Waals surface area contributed by atoms with Crippen LogP contribution in [0.25, 0.3) is 0 Å². The Morgan fingerprint density at radius 2 is 2.15 bits per heavy atom. The molecule has 0 saturated heterocycles. The van der Waals surface area contributed by atoms with Gasteiger partial charge in [-0.25, -0.2) is 13.6 Å². The molecule has 1 aromatic heterocycles. The number of sulfonamides is 1. The average molecular weight is 448 g/mol. The lowest BCUT2D eigenvalue weighted by Crippen LogP contribution is -2.18. The summed E-state index contributed by atoms with van der Waals surface area (Å²) in [6, 6.07) is 4.99. The van der Waals surface area contributed by atoms with E-state index in [1.165, 1.54) is 6.07 Å². The molecule has 148 valence electrons. The van der Waals surface area contributed by atoms with Crippen molar-refractivity contribution >= 4 is 56.4 Å². The SMILES string of the molecule is CN(C)CCCc1c(Cl)c(S(N)(=O)=O)cc(C(=S)S)c1NCc1ccco1. The van der Waals surface area contributed by atoms with Crippen molar-refractivity contribution in [1.82, 2.24) is 4.90 Å². The third-order valence-corrected chi connectivity index (χ3v) is 5.86. The van der Waals surface area contributed by atoms with Gasteiger partial charge in [0.05, 0.1) is 22.0 Å². The number of hydrogen-bond donors (Lipinski definition) is 3. The van der Waals surface area contributed by atoms with Crippen molar-refractivity contribution in [3.63, 3.8) is 0 Å². The third kappa shape index (κ3) is 5.94. The number of primary sulfonamides is 1. The van der Waals surface area contributed by atoms with Crippen LogP contribution in [0.3, 0.4) is 0 Å². The third-order valence-electron chi connectivity index (χ3n) is 3.92. The molecule has 10 heteroatoms. The van der Waals surface area contributed by atoms with Gasteiger partial charge in [-0.05, 0) is 57.2 Å². The van der Waals surface area contributed by atoms with E-state index in [2.05, 4.69) is 17.9 Å². The van der Waals surface area contributed by atoms with Gasteiger partial charge in [-0.2, -0.15) is 0 Å². The summed E-state index contributed by atoms with van der Waals surface area (Å²) >= 11 is 15.9. The van der Waals surface area contributed by atoms with Crippen LogP contribution in [0.4, 0.5) is 5.69 Å². The molecular formula is C17H22ClN3O3S3. The number of thiocarbonyl (C=S) groups is 1. The van der Waals surface area contributed by atoms with Crippen LogP contribution in [0.1, 0.15) is 23.3 Å². The molecule has 0 unspecified atom stereocenters. The van der Waals surface area contributed by atoms with Crippen molar-refractivity contribution in [1.29, 1.82) is 0 Å². The molecule has 2 rings (SSSR count). The Bertz CT molecular complexity index is 913. The van der Waals surface area contributed by atoms with Gasteiger partial charge in [0.25, 0.3) is 0 Å². The summed E-state index contributed by atoms with van der Waals surface area (Å²) in [6.45, 7) is 1.20. The van der Waals surface area contributed by atoms with Crippen LogP contribution in [0, 0.1) is 0 Å². The van der Waals surface area contributed by atoms with E-state index in [9.17, 15) is 8.42 Å². The van der Waals surface area contributed by atoms with Gasteiger partial charge in [0, 0.05) is 11.3 Å². The summed E-state index contributed by atoms with van der Waals surface area (Å²) in [5.74, 6) is 0.719. The Kier molecular flexibility index (Phi) is 7.73. The van der Waals surface area contributed by atoms with Gasteiger partial charge in [-0.1, -0.05) is 23.8 Å². The number of nitrogens with one attached hydrogen (secondary N) is 1. The fourth-order valence-corrected chi connectivity index (χ4v) is 4.22. The summed E-state index contributed by atoms with van der Waals surface area (Å²) in [5, 5.41) is 8.71. The average Bonchev–Trinajstić information content (AvgIpc) is 3.06. The molecule has 0 bridgehead atoms. The van der Waals surface area contributed by atoms with E-state index in [-0.39, 0.29) is 14.1 Å². The molecule has 0 amide bonds. The molecule has 0 aliphatic heterocycles. The molecule has 0 aliphatic rings. The molecule has 0 radical (unpaired) electrons. The highest BCUT2D eigenvalue weighted by Crippen LogP contribution is 2.36. The number of halogens is 1. The molecule has 0 spiro atoms. The van der Waals surface area contributed by atoms with E-state index >= 15 is 0 Å². The smallest absolute Gasteiger partial charge is 0.239 e. The van der Waals surface area contributed by atoms with E-state index in [4.69, 9.17) is 33.4 Å². The summed E-state index contributed by atoms with van der Waals surface area (Å²) in [4.78, 5) is 1.89. The molecule has 2 aromatic rings. The molecule has 27 heavy (non-hydrogen) atoms. The maximum Gasteiger partial charge on any atom is 0.239 e. The van der Waals surface area contributed by atoms with Crippen LogP contribution in [0.2, 0.25) is 5.02 Å². The van der Waals surface area contributed by atoms with Gasteiger partial charge >= 0.3 is 0 Å². The highest BCUT2D eigenvalue weighted by molar-refractivity contribution is 8.11. The second kappa shape index (κ2) is 9.40. The molecule has 0 aliphatic carbocycles. The van der Waals surface area contributed by atoms with Crippen LogP contribution in [0.5, 0.6) is 0 Å². The minimum absolute atomic E-state index is 0.103. The van der Waals surface area contributed by atoms with Gasteiger partial charge in [0.2, 0.25) is 10.0 Å². The molecule has 3 N–H and O–H groups in total. The quantitative estimate of drug-likeness (QED) is 0.403. The van der Waals surface area contributed by atoms with Gasteiger partial charge in [-0.3, -0.25) is 0 Å². The van der Waals surface area contributed by atoms with Gasteiger partial charge in [0.15, 0.2) is 0 Å². The summed E-state index contributed by atoms with van der Waals surface area (Å²) in [7, 11) is -0.0805. The number of thiol groups is 1. The lowest BCUT2D eigenvalue weighted by atomic mass is 10.0. The van der Waals surface area contributed by atoms with Crippen LogP contribution >= 0.6 is 36.4 Å². The van der Waals surface area contributed by atoms with Crippen molar-refractivity contribution in [3.05, 3.63) is 46.4 Å². The number of rotatable bonds is 9. The van der Waals surface area contributed by atoms with E-state index in [1.807, 2.05) is 25.1 Å². The van der Waals surface area contributed by atoms with E-state index < -0.39 is 10.0 Å². The number of furan rings is 1. The zero-order chi connectivity index (χ0) is 20.2. The Balaban J connectivity index is 2.54. The topological polar surface area (TPSA) is 88.6 Å². The lowest BCUT2D eigenvalue weighted by Gasteiger charge is -2.20. The highest BCUT2D eigenvalue weighted by Gasteiger charge is 2.23. The van der Waals surface area contributed by atoms with Crippen molar-refractivity contribution < 1.29 is 12.8 Å². The molecule has 0 atom stereocenters. The fourth-order valence-electron chi connectivity index (χ4n) is 2.66. The predicted molar refractivity (Wildman–Crippen MR) is 116 cm³/mol. The number of hydrogen-bond acceptors (Lipinski definition) is 6. The first-order chi connectivity index (χ1) is 12.6. The second-order valence-electron chi connectivity index (χ2n) is 6.28. The zero-order valence-electron chi connectivity index (χ0n) is 15.0. The minimum atomic E-state index is -4.01. The zero-order valence-corrected chi connectivity index (χ0v) is 18.3. The molecule has 1 aromatic carbocycles. The van der Waals surface area contributed by atoms with Crippen LogP contribution in [0.15, 0.2) is 33.8 Å². The van der Waals surface area contributed by atoms with Crippen molar-refractivity contribution in [2.75, 3.05) is 26.0 Å². The van der Waals surface area contributed by atoms with Gasteiger partial charge in [-0.15, -0.1) is 12.6 Å². The maximum absolute atomic E-state index is 12.0. The van der Waals surface area contributed by atoms with Crippen LogP contribution in [-0.4, -0.2) is 38.2 Å². The molecule has 0 fully saturated rings. The van der Waals surface area contributed by atoms with E-state index in [0.29, 0.717) is 29.8 Å². The Hall–Kier alpha value is -1.10. The maximum atomic E-state index is 12.0. The van der Waals surface area contributed by atoms with E-state index in [1.54, 1.807) is 12.3 Å². The first-order valence-corrected chi connectivity index (χ1v) is 10.9. The summed E-state index contributed by atoms with van der Waals surface area (Å²) < 4.78 is 29.6. The minimum Gasteiger partial charge on any atom is -0.467 e. The van der Waals surface area contributed by atoms with Gasteiger partial charge < -0.3 is 14.6 Å². The molecular weight excluding hydrogens is 426 g/mol. The summed E-state index contributed by atoms with van der Waals surface area (Å²) in [6.07, 6.45) is 2.90. The normalized spacial score (nSPS) is 11.8. The lowest BCUT2D eigenvalue weighted by molar-refractivity contribution is 0.400. The Morgan fingerprint density at radius 1 is 1.44 bits per heavy atom. The monoisotopic (exact) mass is 447 g/mol. The molecule has 6 nitrogen and oxygen atoms in total. The van der Waals surface area contributed by atoms with Crippen molar-refractivity contribution in [2.45, 2.75) is 24.3 Å². The first-order valence-electron chi connectivity index (χ1n) is 8.13. The number of nitrogens with zero attached hydrogens (tertiary/aromatic N) is 1. The van der Waals surface area contributed by atoms with Gasteiger partial charge in [0.1, 0.15) is 10.7 Å². The number of anilines is 1. The Morgan fingerprint density at radius 3 is 2.67 bits per heavy atom. The number of nitrogens with two attached hydrogens (primary N) is 1. The van der Waals surface area contributed by atoms with Crippen LogP contribution in [-0.2, 0) is 23.0 Å². The molecule has 1 heterocycles. The van der Waals surface area contributed by atoms with E-state index in [0.717, 1.165) is 18.7 Å². The Labute approximate surface area is 175 Å². The van der Waals surface area contributed by atoms with Crippen molar-refractivity contribution in [3.8, 4) is 0 Å². The van der Waals surface area contributed by atoms with Crippen LogP contribution < -0.4 is 10.5 Å². The molecule has 0 saturated carbocycles. The first kappa shape index (κ1) is 22.2. The summed E-state index contributed by atoms with van der Waals surface area (Å²) in [5.41, 5.74) is 1.75.